The Bertz CT molecular complexity index is 1360. The van der Waals surface area contributed by atoms with Gasteiger partial charge in [-0.2, -0.15) is 0 Å². The number of carboxylic acids is 1. The predicted octanol–water partition coefficient (Wildman–Crippen LogP) is 6.76. The lowest BCUT2D eigenvalue weighted by molar-refractivity contribution is -0.0605. The van der Waals surface area contributed by atoms with Gasteiger partial charge in [0.15, 0.2) is 5.82 Å². The minimum Gasteiger partial charge on any atom is -0.478 e. The van der Waals surface area contributed by atoms with Crippen molar-refractivity contribution in [3.63, 3.8) is 0 Å². The molecule has 1 heterocycles. The van der Waals surface area contributed by atoms with Crippen molar-refractivity contribution in [1.29, 1.82) is 0 Å². The van der Waals surface area contributed by atoms with Crippen molar-refractivity contribution in [2.75, 3.05) is 11.9 Å². The van der Waals surface area contributed by atoms with Gasteiger partial charge in [-0.25, -0.2) is 27.2 Å². The van der Waals surface area contributed by atoms with Crippen molar-refractivity contribution in [2.45, 2.75) is 71.4 Å². The minimum atomic E-state index is -2.77. The van der Waals surface area contributed by atoms with Crippen molar-refractivity contribution in [2.24, 2.45) is 11.8 Å². The van der Waals surface area contributed by atoms with E-state index >= 15 is 4.39 Å². The highest BCUT2D eigenvalue weighted by molar-refractivity contribution is 5.97. The number of halogens is 4. The Kier molecular flexibility index (Phi) is 8.91. The molecule has 41 heavy (non-hydrogen) atoms. The second kappa shape index (κ2) is 12.1. The third-order valence-corrected chi connectivity index (χ3v) is 7.47. The van der Waals surface area contributed by atoms with E-state index in [1.54, 1.807) is 13.8 Å². The zero-order valence-electron chi connectivity index (χ0n) is 23.3. The fourth-order valence-corrected chi connectivity index (χ4v) is 5.64. The number of rotatable bonds is 8. The number of nitrogens with one attached hydrogen (secondary N) is 2. The van der Waals surface area contributed by atoms with Crippen LogP contribution in [0.2, 0.25) is 0 Å². The number of amides is 2. The summed E-state index contributed by atoms with van der Waals surface area (Å²) in [6.45, 7) is 7.57. The number of aromatic nitrogens is 1. The molecule has 8 nitrogen and oxygen atoms in total. The van der Waals surface area contributed by atoms with Gasteiger partial charge in [-0.3, -0.25) is 10.2 Å². The van der Waals surface area contributed by atoms with Gasteiger partial charge in [-0.15, -0.1) is 0 Å². The summed E-state index contributed by atoms with van der Waals surface area (Å²) in [6.07, 6.45) is 1.07. The maximum absolute atomic E-state index is 16.2. The van der Waals surface area contributed by atoms with Gasteiger partial charge in [0, 0.05) is 54.2 Å². The number of urea groups is 1. The van der Waals surface area contributed by atoms with Crippen molar-refractivity contribution < 1.29 is 36.8 Å². The van der Waals surface area contributed by atoms with Gasteiger partial charge >= 0.3 is 12.0 Å². The normalized spacial score (nSPS) is 21.3. The first-order chi connectivity index (χ1) is 19.3. The van der Waals surface area contributed by atoms with Gasteiger partial charge in [0.1, 0.15) is 17.4 Å². The first-order valence-electron chi connectivity index (χ1n) is 13.5. The van der Waals surface area contributed by atoms with Gasteiger partial charge in [0.25, 0.3) is 0 Å². The van der Waals surface area contributed by atoms with Crippen LogP contribution in [0, 0.1) is 24.6 Å². The molecule has 2 unspecified atom stereocenters. The average molecular weight is 579 g/mol. The van der Waals surface area contributed by atoms with Crippen LogP contribution in [0.15, 0.2) is 46.4 Å². The number of carbonyl (C=O) groups excluding carboxylic acids is 1. The van der Waals surface area contributed by atoms with Crippen molar-refractivity contribution in [3.05, 3.63) is 64.6 Å². The number of carboxylic acid groups (broad SMARTS) is 1. The topological polar surface area (TPSA) is 108 Å². The minimum absolute atomic E-state index is 0.0769. The zero-order chi connectivity index (χ0) is 30.1. The maximum Gasteiger partial charge on any atom is 0.336 e. The summed E-state index contributed by atoms with van der Waals surface area (Å²) in [7, 11) is 0. The van der Waals surface area contributed by atoms with E-state index in [4.69, 9.17) is 4.52 Å². The van der Waals surface area contributed by atoms with Crippen LogP contribution in [-0.4, -0.2) is 51.7 Å². The molecular formula is C29H34F4N4O4. The molecule has 1 fully saturated rings. The number of benzene rings is 1. The first kappa shape index (κ1) is 30.3. The quantitative estimate of drug-likeness (QED) is 0.299. The molecule has 0 saturated heterocycles. The lowest BCUT2D eigenvalue weighted by Crippen LogP contribution is -2.54. The van der Waals surface area contributed by atoms with Crippen LogP contribution in [-0.2, 0) is 0 Å². The van der Waals surface area contributed by atoms with Crippen molar-refractivity contribution in [3.8, 4) is 0 Å². The van der Waals surface area contributed by atoms with Gasteiger partial charge in [0.05, 0.1) is 11.6 Å². The summed E-state index contributed by atoms with van der Waals surface area (Å²) in [6, 6.07) is 2.64. The number of allylic oxidation sites excluding steroid dienone is 2. The van der Waals surface area contributed by atoms with E-state index in [9.17, 15) is 27.9 Å². The number of aryl methyl sites for hydroxylation is 1. The molecule has 2 aliphatic carbocycles. The van der Waals surface area contributed by atoms with Crippen LogP contribution in [0.3, 0.4) is 0 Å². The van der Waals surface area contributed by atoms with Crippen LogP contribution in [0.4, 0.5) is 28.2 Å². The molecule has 4 rings (SSSR count). The molecule has 0 radical (unpaired) electrons. The number of aromatic carboxylic acids is 1. The molecule has 2 amide bonds. The highest BCUT2D eigenvalue weighted by Gasteiger charge is 2.43. The fraction of sp³-hybridized carbons (Fsp3) is 0.483. The van der Waals surface area contributed by atoms with E-state index in [2.05, 4.69) is 15.8 Å². The van der Waals surface area contributed by atoms with Crippen LogP contribution < -0.4 is 10.6 Å². The van der Waals surface area contributed by atoms with Gasteiger partial charge in [-0.1, -0.05) is 25.9 Å². The van der Waals surface area contributed by atoms with E-state index in [0.29, 0.717) is 12.3 Å². The molecule has 1 aromatic heterocycles. The highest BCUT2D eigenvalue weighted by Crippen LogP contribution is 2.42. The Labute approximate surface area is 235 Å². The van der Waals surface area contributed by atoms with Gasteiger partial charge in [0.2, 0.25) is 5.92 Å². The highest BCUT2D eigenvalue weighted by atomic mass is 19.3. The fourth-order valence-electron chi connectivity index (χ4n) is 5.64. The van der Waals surface area contributed by atoms with E-state index in [1.165, 1.54) is 12.1 Å². The number of alkyl halides is 2. The molecular weight excluding hydrogens is 544 g/mol. The second-order valence-corrected chi connectivity index (χ2v) is 11.2. The molecule has 222 valence electrons. The summed E-state index contributed by atoms with van der Waals surface area (Å²) in [4.78, 5) is 27.0. The Morgan fingerprint density at radius 3 is 2.44 bits per heavy atom. The van der Waals surface area contributed by atoms with E-state index in [-0.39, 0.29) is 65.9 Å². The van der Waals surface area contributed by atoms with Crippen LogP contribution in [0.1, 0.15) is 68.1 Å². The van der Waals surface area contributed by atoms with Crippen LogP contribution in [0.25, 0.3) is 5.57 Å². The molecule has 1 saturated carbocycles. The smallest absolute Gasteiger partial charge is 0.336 e. The summed E-state index contributed by atoms with van der Waals surface area (Å²) in [5.41, 5.74) is -0.461. The number of carbonyl (C=O) groups is 2. The molecule has 12 heteroatoms. The SMILES string of the molecule is Cc1cc(NC(=O)NC2=CC(c3cc(F)ccc3C(=O)O)=C(F)C(C)C2N(CC(C)C)C2CCC(F)(F)CC2)no1. The van der Waals surface area contributed by atoms with E-state index < -0.39 is 41.5 Å². The molecule has 2 atom stereocenters. The lowest BCUT2D eigenvalue weighted by Gasteiger charge is -2.46. The van der Waals surface area contributed by atoms with Crippen LogP contribution >= 0.6 is 0 Å². The summed E-state index contributed by atoms with van der Waals surface area (Å²) >= 11 is 0. The molecule has 3 N–H and O–H groups in total. The number of hydrogen-bond donors (Lipinski definition) is 3. The Morgan fingerprint density at radius 2 is 1.85 bits per heavy atom. The third-order valence-electron chi connectivity index (χ3n) is 7.47. The van der Waals surface area contributed by atoms with Crippen LogP contribution in [0.5, 0.6) is 0 Å². The summed E-state index contributed by atoms with van der Waals surface area (Å²) in [5, 5.41) is 18.7. The molecule has 0 aliphatic heterocycles. The second-order valence-electron chi connectivity index (χ2n) is 11.2. The third kappa shape index (κ3) is 6.98. The van der Waals surface area contributed by atoms with Crippen molar-refractivity contribution in [1.82, 2.24) is 15.4 Å². The lowest BCUT2D eigenvalue weighted by atomic mass is 9.81. The first-order valence-corrected chi connectivity index (χ1v) is 13.5. The Balaban J connectivity index is 1.79. The standard InChI is InChI=1S/C29H34F4N4O4/c1-15(2)14-37(19-7-9-29(32,33)10-8-19)26-17(4)25(31)22(21-12-18(30)5-6-20(21)27(38)39)13-23(26)34-28(40)35-24-11-16(3)41-36-24/h5-6,11-13,15,17,19,26H,7-10,14H2,1-4H3,(H,38,39)(H2,34,35,36,40). The molecule has 0 spiro atoms. The summed E-state index contributed by atoms with van der Waals surface area (Å²) < 4.78 is 63.6. The molecule has 1 aromatic carbocycles. The monoisotopic (exact) mass is 578 g/mol. The number of nitrogens with zero attached hydrogens (tertiary/aromatic N) is 2. The average Bonchev–Trinajstić information content (AvgIpc) is 3.29. The Morgan fingerprint density at radius 1 is 1.17 bits per heavy atom. The summed E-state index contributed by atoms with van der Waals surface area (Å²) in [5.74, 6) is -5.87. The largest absolute Gasteiger partial charge is 0.478 e. The van der Waals surface area contributed by atoms with Crippen molar-refractivity contribution >= 4 is 23.4 Å². The molecule has 2 aromatic rings. The Hall–Kier alpha value is -3.67. The predicted molar refractivity (Wildman–Crippen MR) is 145 cm³/mol. The number of hydrogen-bond acceptors (Lipinski definition) is 5. The molecule has 2 aliphatic rings. The maximum atomic E-state index is 16.2. The zero-order valence-corrected chi connectivity index (χ0v) is 23.3. The number of anilines is 1. The van der Waals surface area contributed by atoms with E-state index in [1.807, 2.05) is 18.7 Å². The van der Waals surface area contributed by atoms with Gasteiger partial charge in [-0.05, 0) is 50.0 Å². The van der Waals surface area contributed by atoms with E-state index in [0.717, 1.165) is 18.2 Å². The molecule has 0 bridgehead atoms. The van der Waals surface area contributed by atoms with Gasteiger partial charge < -0.3 is 14.9 Å².